The molecule has 0 saturated carbocycles. The van der Waals surface area contributed by atoms with Crippen molar-refractivity contribution in [3.05, 3.63) is 77.2 Å². The number of para-hydroxylation sites is 2. The molecule has 1 fully saturated rings. The predicted molar refractivity (Wildman–Crippen MR) is 134 cm³/mol. The van der Waals surface area contributed by atoms with E-state index in [1.165, 1.54) is 18.0 Å². The van der Waals surface area contributed by atoms with Gasteiger partial charge in [-0.1, -0.05) is 48.2 Å². The van der Waals surface area contributed by atoms with Gasteiger partial charge in [0.25, 0.3) is 5.56 Å². The molecule has 10 nitrogen and oxygen atoms in total. The van der Waals surface area contributed by atoms with Crippen molar-refractivity contribution in [1.82, 2.24) is 29.5 Å². The van der Waals surface area contributed by atoms with Crippen molar-refractivity contribution in [3.63, 3.8) is 0 Å². The summed E-state index contributed by atoms with van der Waals surface area (Å²) in [5, 5.41) is 7.90. The number of thioether (sulfide) groups is 1. The van der Waals surface area contributed by atoms with E-state index in [0.717, 1.165) is 11.4 Å². The van der Waals surface area contributed by atoms with Crippen molar-refractivity contribution >= 4 is 40.4 Å². The Bertz CT molecular complexity index is 1400. The number of hydrogen-bond donors (Lipinski definition) is 2. The molecular formula is C24H23N7O3S. The van der Waals surface area contributed by atoms with Gasteiger partial charge in [0, 0.05) is 31.9 Å². The summed E-state index contributed by atoms with van der Waals surface area (Å²) in [7, 11) is 0. The molecule has 5 rings (SSSR count). The zero-order valence-corrected chi connectivity index (χ0v) is 19.6. The number of H-pyrrole nitrogens is 1. The number of fused-ring (bicyclic) bond motifs is 1. The van der Waals surface area contributed by atoms with Crippen LogP contribution in [0.1, 0.15) is 0 Å². The number of rotatable bonds is 5. The SMILES string of the molecule is O=C(CSc1nc2c(cnn2-c2ccccc2)c(=O)[nH]1)N1CCN(C(=O)Nc2ccccc2)CC1. The normalized spacial score (nSPS) is 13.7. The Labute approximate surface area is 204 Å². The smallest absolute Gasteiger partial charge is 0.321 e. The van der Waals surface area contributed by atoms with Crippen LogP contribution in [0, 0.1) is 0 Å². The van der Waals surface area contributed by atoms with Gasteiger partial charge in [0.1, 0.15) is 5.39 Å². The Balaban J connectivity index is 1.19. The van der Waals surface area contributed by atoms with Crippen LogP contribution in [0.4, 0.5) is 10.5 Å². The van der Waals surface area contributed by atoms with Gasteiger partial charge in [-0.25, -0.2) is 14.5 Å². The second-order valence-corrected chi connectivity index (χ2v) is 8.92. The molecule has 0 spiro atoms. The van der Waals surface area contributed by atoms with E-state index >= 15 is 0 Å². The number of aromatic amines is 1. The molecule has 1 aliphatic heterocycles. The average Bonchev–Trinajstić information content (AvgIpc) is 3.33. The van der Waals surface area contributed by atoms with Crippen LogP contribution in [-0.4, -0.2) is 73.4 Å². The molecule has 0 unspecified atom stereocenters. The first kappa shape index (κ1) is 22.7. The topological polar surface area (TPSA) is 116 Å². The molecule has 2 aromatic carbocycles. The number of carbonyl (C=O) groups is 2. The lowest BCUT2D eigenvalue weighted by atomic mass is 10.3. The molecule has 3 heterocycles. The van der Waals surface area contributed by atoms with Crippen LogP contribution in [0.25, 0.3) is 16.7 Å². The first-order chi connectivity index (χ1) is 17.1. The van der Waals surface area contributed by atoms with Crippen molar-refractivity contribution in [2.24, 2.45) is 0 Å². The Hall–Kier alpha value is -4.12. The summed E-state index contributed by atoms with van der Waals surface area (Å²) in [5.74, 6) is 0.0573. The summed E-state index contributed by atoms with van der Waals surface area (Å²) in [5.41, 5.74) is 1.67. The zero-order valence-electron chi connectivity index (χ0n) is 18.8. The standard InChI is InChI=1S/C24H23N7O3S/c32-20(29-11-13-30(14-12-29)24(34)26-17-7-3-1-4-8-17)16-35-23-27-21-19(22(33)28-23)15-25-31(21)18-9-5-2-6-10-18/h1-10,15H,11-14,16H2,(H,26,34)(H,27,28,33). The van der Waals surface area contributed by atoms with Crippen LogP contribution in [-0.2, 0) is 4.79 Å². The fourth-order valence-corrected chi connectivity index (χ4v) is 4.59. The first-order valence-electron chi connectivity index (χ1n) is 11.1. The van der Waals surface area contributed by atoms with E-state index in [1.807, 2.05) is 60.7 Å². The third kappa shape index (κ3) is 5.04. The van der Waals surface area contributed by atoms with Gasteiger partial charge in [0.05, 0.1) is 17.6 Å². The van der Waals surface area contributed by atoms with Crippen molar-refractivity contribution in [2.45, 2.75) is 5.16 Å². The number of anilines is 1. The Morgan fingerprint density at radius 2 is 1.60 bits per heavy atom. The number of amides is 3. The van der Waals surface area contributed by atoms with Gasteiger partial charge >= 0.3 is 6.03 Å². The molecule has 0 bridgehead atoms. The first-order valence-corrected chi connectivity index (χ1v) is 12.1. The van der Waals surface area contributed by atoms with Crippen molar-refractivity contribution in [3.8, 4) is 5.69 Å². The summed E-state index contributed by atoms with van der Waals surface area (Å²) in [6.45, 7) is 1.80. The number of nitrogens with one attached hydrogen (secondary N) is 2. The molecule has 2 aromatic heterocycles. The molecule has 35 heavy (non-hydrogen) atoms. The van der Waals surface area contributed by atoms with Crippen molar-refractivity contribution in [1.29, 1.82) is 0 Å². The summed E-state index contributed by atoms with van der Waals surface area (Å²) in [6, 6.07) is 18.5. The maximum absolute atomic E-state index is 12.8. The zero-order chi connectivity index (χ0) is 24.2. The summed E-state index contributed by atoms with van der Waals surface area (Å²) in [6.07, 6.45) is 1.49. The molecule has 11 heteroatoms. The Morgan fingerprint density at radius 1 is 0.943 bits per heavy atom. The molecular weight excluding hydrogens is 466 g/mol. The largest absolute Gasteiger partial charge is 0.338 e. The van der Waals surface area contributed by atoms with Crippen LogP contribution in [0.15, 0.2) is 76.8 Å². The van der Waals surface area contributed by atoms with Gasteiger partial charge in [-0.05, 0) is 24.3 Å². The third-order valence-electron chi connectivity index (χ3n) is 5.69. The number of urea groups is 1. The van der Waals surface area contributed by atoms with Gasteiger partial charge in [-0.15, -0.1) is 0 Å². The van der Waals surface area contributed by atoms with Crippen LogP contribution >= 0.6 is 11.8 Å². The molecule has 2 N–H and O–H groups in total. The lowest BCUT2D eigenvalue weighted by Gasteiger charge is -2.34. The minimum atomic E-state index is -0.301. The Morgan fingerprint density at radius 3 is 2.31 bits per heavy atom. The van der Waals surface area contributed by atoms with Gasteiger partial charge in [0.2, 0.25) is 5.91 Å². The number of nitrogens with zero attached hydrogens (tertiary/aromatic N) is 5. The number of piperazine rings is 1. The number of hydrogen-bond acceptors (Lipinski definition) is 6. The number of aromatic nitrogens is 4. The Kier molecular flexibility index (Phi) is 6.49. The van der Waals surface area contributed by atoms with Crippen LogP contribution in [0.2, 0.25) is 0 Å². The van der Waals surface area contributed by atoms with Gasteiger partial charge in [0.15, 0.2) is 10.8 Å². The highest BCUT2D eigenvalue weighted by Crippen LogP contribution is 2.18. The summed E-state index contributed by atoms with van der Waals surface area (Å²) in [4.78, 5) is 48.4. The maximum Gasteiger partial charge on any atom is 0.321 e. The minimum Gasteiger partial charge on any atom is -0.338 e. The summed E-state index contributed by atoms with van der Waals surface area (Å²) >= 11 is 1.18. The molecule has 0 radical (unpaired) electrons. The average molecular weight is 490 g/mol. The molecule has 4 aromatic rings. The number of carbonyl (C=O) groups excluding carboxylic acids is 2. The van der Waals surface area contributed by atoms with E-state index in [2.05, 4.69) is 20.4 Å². The van der Waals surface area contributed by atoms with Crippen molar-refractivity contribution < 1.29 is 9.59 Å². The van der Waals surface area contributed by atoms with E-state index in [1.54, 1.807) is 14.5 Å². The third-order valence-corrected chi connectivity index (χ3v) is 6.55. The molecule has 3 amide bonds. The second-order valence-electron chi connectivity index (χ2n) is 7.95. The predicted octanol–water partition coefficient (Wildman–Crippen LogP) is 2.58. The second kappa shape index (κ2) is 10.0. The van der Waals surface area contributed by atoms with Crippen LogP contribution < -0.4 is 10.9 Å². The van der Waals surface area contributed by atoms with Gasteiger partial charge in [-0.2, -0.15) is 5.10 Å². The molecule has 178 valence electrons. The monoisotopic (exact) mass is 489 g/mol. The quantitative estimate of drug-likeness (QED) is 0.329. The lowest BCUT2D eigenvalue weighted by Crippen LogP contribution is -2.52. The fraction of sp³-hybridized carbons (Fsp3) is 0.208. The molecule has 0 aliphatic carbocycles. The minimum absolute atomic E-state index is 0.0718. The van der Waals surface area contributed by atoms with E-state index in [0.29, 0.717) is 42.4 Å². The molecule has 1 saturated heterocycles. The van der Waals surface area contributed by atoms with Gasteiger partial charge < -0.3 is 20.1 Å². The molecule has 0 atom stereocenters. The fourth-order valence-electron chi connectivity index (χ4n) is 3.83. The maximum atomic E-state index is 12.8. The van der Waals surface area contributed by atoms with Crippen LogP contribution in [0.5, 0.6) is 0 Å². The lowest BCUT2D eigenvalue weighted by molar-refractivity contribution is -0.129. The highest BCUT2D eigenvalue weighted by Gasteiger charge is 2.24. The highest BCUT2D eigenvalue weighted by molar-refractivity contribution is 7.99. The van der Waals surface area contributed by atoms with Gasteiger partial charge in [-0.3, -0.25) is 9.59 Å². The van der Waals surface area contributed by atoms with Crippen molar-refractivity contribution in [2.75, 3.05) is 37.2 Å². The van der Waals surface area contributed by atoms with E-state index in [9.17, 15) is 14.4 Å². The summed E-state index contributed by atoms with van der Waals surface area (Å²) < 4.78 is 1.61. The van der Waals surface area contributed by atoms with E-state index < -0.39 is 0 Å². The van der Waals surface area contributed by atoms with E-state index in [4.69, 9.17) is 0 Å². The van der Waals surface area contributed by atoms with Crippen LogP contribution in [0.3, 0.4) is 0 Å². The molecule has 1 aliphatic rings. The van der Waals surface area contributed by atoms with E-state index in [-0.39, 0.29) is 23.3 Å². The number of benzene rings is 2. The highest BCUT2D eigenvalue weighted by atomic mass is 32.2.